The Morgan fingerprint density at radius 1 is 0.667 bits per heavy atom. The standard InChI is InChI=1S/C14H32NO2.BrH/c1-3-5-9-15(10-6-4-2,11-7-13-16)12-8-14-17;/h16-17H,3-14H2,1-2H3;1H/q+1;/p-1. The van der Waals surface area contributed by atoms with Crippen LogP contribution < -0.4 is 17.0 Å². The van der Waals surface area contributed by atoms with Gasteiger partial charge in [-0.25, -0.2) is 0 Å². The van der Waals surface area contributed by atoms with Gasteiger partial charge in [-0.15, -0.1) is 0 Å². The number of unbranched alkanes of at least 4 members (excludes halogenated alkanes) is 2. The van der Waals surface area contributed by atoms with Crippen molar-refractivity contribution in [3.63, 3.8) is 0 Å². The van der Waals surface area contributed by atoms with Gasteiger partial charge in [-0.1, -0.05) is 26.7 Å². The first-order chi connectivity index (χ1) is 8.24. The van der Waals surface area contributed by atoms with Crippen LogP contribution in [0.25, 0.3) is 0 Å². The largest absolute Gasteiger partial charge is 1.00 e. The SMILES string of the molecule is CCCC[N+](CCCC)(CCCO)CCCO.[Br-]. The van der Waals surface area contributed by atoms with Crippen LogP contribution in [0.4, 0.5) is 0 Å². The van der Waals surface area contributed by atoms with Gasteiger partial charge >= 0.3 is 0 Å². The van der Waals surface area contributed by atoms with Crippen molar-refractivity contribution < 1.29 is 31.7 Å². The second-order valence-corrected chi connectivity index (χ2v) is 5.10. The number of rotatable bonds is 12. The molecule has 0 rings (SSSR count). The van der Waals surface area contributed by atoms with Crippen LogP contribution in [0.3, 0.4) is 0 Å². The number of halogens is 1. The van der Waals surface area contributed by atoms with E-state index >= 15 is 0 Å². The maximum Gasteiger partial charge on any atom is 0.0808 e. The number of hydrogen-bond donors (Lipinski definition) is 2. The minimum Gasteiger partial charge on any atom is -1.00 e. The highest BCUT2D eigenvalue weighted by Crippen LogP contribution is 2.14. The highest BCUT2D eigenvalue weighted by Gasteiger charge is 2.24. The summed E-state index contributed by atoms with van der Waals surface area (Å²) < 4.78 is 1.10. The van der Waals surface area contributed by atoms with E-state index in [-0.39, 0.29) is 30.2 Å². The predicted octanol–water partition coefficient (Wildman–Crippen LogP) is -0.828. The summed E-state index contributed by atoms with van der Waals surface area (Å²) in [5.74, 6) is 0. The molecule has 4 heteroatoms. The van der Waals surface area contributed by atoms with E-state index in [2.05, 4.69) is 13.8 Å². The Bertz CT molecular complexity index is 130. The lowest BCUT2D eigenvalue weighted by atomic mass is 10.1. The fraction of sp³-hybridized carbons (Fsp3) is 1.00. The number of aliphatic hydroxyl groups is 2. The maximum atomic E-state index is 9.05. The van der Waals surface area contributed by atoms with Crippen LogP contribution in [-0.2, 0) is 0 Å². The van der Waals surface area contributed by atoms with Crippen molar-refractivity contribution in [2.24, 2.45) is 0 Å². The van der Waals surface area contributed by atoms with E-state index < -0.39 is 0 Å². The molecule has 2 N–H and O–H groups in total. The van der Waals surface area contributed by atoms with Gasteiger partial charge in [-0.3, -0.25) is 0 Å². The van der Waals surface area contributed by atoms with E-state index in [1.165, 1.54) is 38.8 Å². The van der Waals surface area contributed by atoms with Crippen LogP contribution >= 0.6 is 0 Å². The first kappa shape index (κ1) is 20.7. The molecule has 0 bridgehead atoms. The lowest BCUT2D eigenvalue weighted by Gasteiger charge is -2.39. The van der Waals surface area contributed by atoms with E-state index in [0.717, 1.165) is 30.4 Å². The average molecular weight is 326 g/mol. The molecule has 0 saturated carbocycles. The Balaban J connectivity index is 0. The van der Waals surface area contributed by atoms with E-state index in [4.69, 9.17) is 10.2 Å². The van der Waals surface area contributed by atoms with Crippen molar-refractivity contribution >= 4 is 0 Å². The molecule has 0 aliphatic rings. The summed E-state index contributed by atoms with van der Waals surface area (Å²) in [5.41, 5.74) is 0. The molecule has 0 unspecified atom stereocenters. The Labute approximate surface area is 124 Å². The monoisotopic (exact) mass is 325 g/mol. The molecule has 18 heavy (non-hydrogen) atoms. The van der Waals surface area contributed by atoms with Crippen molar-refractivity contribution in [3.8, 4) is 0 Å². The van der Waals surface area contributed by atoms with Gasteiger partial charge in [0.05, 0.1) is 26.2 Å². The third-order valence-electron chi connectivity index (χ3n) is 3.55. The summed E-state index contributed by atoms with van der Waals surface area (Å²) in [7, 11) is 0. The molecule has 0 atom stereocenters. The Morgan fingerprint density at radius 3 is 1.28 bits per heavy atom. The number of nitrogens with zero attached hydrogens (tertiary/aromatic N) is 1. The van der Waals surface area contributed by atoms with Crippen molar-refractivity contribution in [1.29, 1.82) is 0 Å². The minimum absolute atomic E-state index is 0. The van der Waals surface area contributed by atoms with Gasteiger partial charge in [0.25, 0.3) is 0 Å². The topological polar surface area (TPSA) is 40.5 Å². The van der Waals surface area contributed by atoms with E-state index in [0.29, 0.717) is 0 Å². The number of aliphatic hydroxyl groups excluding tert-OH is 2. The quantitative estimate of drug-likeness (QED) is 0.460. The van der Waals surface area contributed by atoms with Gasteiger partial charge in [-0.2, -0.15) is 0 Å². The lowest BCUT2D eigenvalue weighted by Crippen LogP contribution is -3.00. The van der Waals surface area contributed by atoms with Crippen LogP contribution in [0.5, 0.6) is 0 Å². The molecule has 0 radical (unpaired) electrons. The van der Waals surface area contributed by atoms with Crippen LogP contribution in [0, 0.1) is 0 Å². The summed E-state index contributed by atoms with van der Waals surface area (Å²) >= 11 is 0. The van der Waals surface area contributed by atoms with Crippen molar-refractivity contribution in [2.45, 2.75) is 52.4 Å². The van der Waals surface area contributed by atoms with Crippen LogP contribution in [0.1, 0.15) is 52.4 Å². The first-order valence-electron chi connectivity index (χ1n) is 7.31. The lowest BCUT2D eigenvalue weighted by molar-refractivity contribution is -0.929. The van der Waals surface area contributed by atoms with Gasteiger partial charge < -0.3 is 31.7 Å². The first-order valence-corrected chi connectivity index (χ1v) is 7.31. The fourth-order valence-corrected chi connectivity index (χ4v) is 2.47. The normalized spacial score (nSPS) is 11.3. The molecule has 0 aromatic heterocycles. The van der Waals surface area contributed by atoms with Gasteiger partial charge in [0.1, 0.15) is 0 Å². The van der Waals surface area contributed by atoms with Crippen LogP contribution in [-0.4, -0.2) is 54.1 Å². The third kappa shape index (κ3) is 9.31. The Morgan fingerprint density at radius 2 is 1.00 bits per heavy atom. The predicted molar refractivity (Wildman–Crippen MR) is 73.0 cm³/mol. The van der Waals surface area contributed by atoms with Crippen molar-refractivity contribution in [1.82, 2.24) is 0 Å². The molecule has 0 saturated heterocycles. The zero-order valence-electron chi connectivity index (χ0n) is 12.2. The summed E-state index contributed by atoms with van der Waals surface area (Å²) in [5, 5.41) is 18.1. The van der Waals surface area contributed by atoms with E-state index in [1.54, 1.807) is 0 Å². The molecule has 0 aromatic rings. The maximum absolute atomic E-state index is 9.05. The van der Waals surface area contributed by atoms with Crippen LogP contribution in [0.15, 0.2) is 0 Å². The molecule has 0 aromatic carbocycles. The molecule has 0 aliphatic heterocycles. The summed E-state index contributed by atoms with van der Waals surface area (Å²) in [4.78, 5) is 0. The fourth-order valence-electron chi connectivity index (χ4n) is 2.47. The van der Waals surface area contributed by atoms with Crippen molar-refractivity contribution in [3.05, 3.63) is 0 Å². The van der Waals surface area contributed by atoms with E-state index in [9.17, 15) is 0 Å². The van der Waals surface area contributed by atoms with Gasteiger partial charge in [0, 0.05) is 26.1 Å². The third-order valence-corrected chi connectivity index (χ3v) is 3.55. The highest BCUT2D eigenvalue weighted by atomic mass is 79.9. The van der Waals surface area contributed by atoms with Crippen LogP contribution in [0.2, 0.25) is 0 Å². The molecule has 112 valence electrons. The van der Waals surface area contributed by atoms with Crippen molar-refractivity contribution in [2.75, 3.05) is 39.4 Å². The molecule has 0 fully saturated rings. The van der Waals surface area contributed by atoms with Gasteiger partial charge in [-0.05, 0) is 12.8 Å². The van der Waals surface area contributed by atoms with Gasteiger partial charge in [0.15, 0.2) is 0 Å². The number of hydrogen-bond acceptors (Lipinski definition) is 2. The molecule has 0 heterocycles. The average Bonchev–Trinajstić information content (AvgIpc) is 2.37. The Kier molecular flexibility index (Phi) is 15.8. The minimum atomic E-state index is 0. The van der Waals surface area contributed by atoms with Gasteiger partial charge in [0.2, 0.25) is 0 Å². The Hall–Kier alpha value is 0.360. The molecule has 0 amide bonds. The summed E-state index contributed by atoms with van der Waals surface area (Å²) in [6, 6.07) is 0. The molecular formula is C14H32BrNO2. The molecule has 3 nitrogen and oxygen atoms in total. The molecule has 0 spiro atoms. The number of quaternary nitrogens is 1. The zero-order chi connectivity index (χ0) is 13.0. The smallest absolute Gasteiger partial charge is 0.0808 e. The molecule has 0 aliphatic carbocycles. The second-order valence-electron chi connectivity index (χ2n) is 5.10. The molecular weight excluding hydrogens is 294 g/mol. The second kappa shape index (κ2) is 13.8. The van der Waals surface area contributed by atoms with E-state index in [1.807, 2.05) is 0 Å². The zero-order valence-corrected chi connectivity index (χ0v) is 13.8. The highest BCUT2D eigenvalue weighted by molar-refractivity contribution is 4.49. The summed E-state index contributed by atoms with van der Waals surface area (Å²) in [6.45, 7) is 9.58. The summed E-state index contributed by atoms with van der Waals surface area (Å²) in [6.07, 6.45) is 6.73.